The number of aromatic nitrogens is 2. The number of carboxylic acid groups (broad SMARTS) is 1. The highest BCUT2D eigenvalue weighted by molar-refractivity contribution is 5.88. The first kappa shape index (κ1) is 19.4. The molecule has 1 heterocycles. The summed E-state index contributed by atoms with van der Waals surface area (Å²) < 4.78 is 5.46. The zero-order chi connectivity index (χ0) is 17.8. The molecule has 130 valence electrons. The highest BCUT2D eigenvalue weighted by Crippen LogP contribution is 2.28. The number of carbonyl (C=O) groups is 1. The first-order valence-corrected chi connectivity index (χ1v) is 7.65. The van der Waals surface area contributed by atoms with Crippen molar-refractivity contribution in [3.63, 3.8) is 0 Å². The quantitative estimate of drug-likeness (QED) is 0.532. The smallest absolute Gasteiger partial charge is 0.290 e. The summed E-state index contributed by atoms with van der Waals surface area (Å²) in [6.07, 6.45) is 9.42. The van der Waals surface area contributed by atoms with Gasteiger partial charge in [0.05, 0.1) is 19.0 Å². The van der Waals surface area contributed by atoms with E-state index < -0.39 is 0 Å². The standard InChI is InChI=1S/C16H22N4O.CH2O2/c1-12(5-3-9-17)18-10-4-6-13-7-8-14-15(16(13)21-2)20-11-19-14;2-1-3/h4,6-8,10-12H,3,5,9,17H2,1-2H3,(H,19,20);1H,(H,2,3)/b6-4+,18-10?;. The van der Waals surface area contributed by atoms with Crippen LogP contribution < -0.4 is 10.5 Å². The zero-order valence-electron chi connectivity index (χ0n) is 14.0. The topological polar surface area (TPSA) is 114 Å². The molecule has 0 radical (unpaired) electrons. The Hall–Kier alpha value is -2.67. The van der Waals surface area contributed by atoms with Crippen molar-refractivity contribution >= 4 is 29.8 Å². The normalized spacial score (nSPS) is 12.3. The molecule has 1 aromatic carbocycles. The van der Waals surface area contributed by atoms with Crippen LogP contribution in [0.15, 0.2) is 29.5 Å². The average molecular weight is 332 g/mol. The third-order valence-corrected chi connectivity index (χ3v) is 3.31. The average Bonchev–Trinajstić information content (AvgIpc) is 3.05. The Balaban J connectivity index is 0.000000891. The second-order valence-electron chi connectivity index (χ2n) is 5.03. The van der Waals surface area contributed by atoms with E-state index in [1.807, 2.05) is 30.5 Å². The number of H-pyrrole nitrogens is 1. The van der Waals surface area contributed by atoms with Crippen molar-refractivity contribution in [1.29, 1.82) is 0 Å². The zero-order valence-corrected chi connectivity index (χ0v) is 14.0. The number of imidazole rings is 1. The number of allylic oxidation sites excluding steroid dienone is 1. The summed E-state index contributed by atoms with van der Waals surface area (Å²) in [5.41, 5.74) is 8.28. The molecule has 0 aliphatic heterocycles. The molecule has 7 nitrogen and oxygen atoms in total. The molecule has 2 rings (SSSR count). The molecular weight excluding hydrogens is 308 g/mol. The summed E-state index contributed by atoms with van der Waals surface area (Å²) in [6, 6.07) is 4.29. The van der Waals surface area contributed by atoms with Gasteiger partial charge in [0, 0.05) is 17.8 Å². The number of benzene rings is 1. The summed E-state index contributed by atoms with van der Waals surface area (Å²) in [6.45, 7) is 2.56. The van der Waals surface area contributed by atoms with Crippen LogP contribution in [0, 0.1) is 0 Å². The van der Waals surface area contributed by atoms with E-state index in [0.29, 0.717) is 6.04 Å². The molecule has 7 heteroatoms. The van der Waals surface area contributed by atoms with Crippen molar-refractivity contribution in [2.75, 3.05) is 13.7 Å². The molecule has 0 aliphatic carbocycles. The molecule has 1 atom stereocenters. The number of nitrogens with two attached hydrogens (primary N) is 1. The van der Waals surface area contributed by atoms with E-state index in [1.54, 1.807) is 13.4 Å². The maximum absolute atomic E-state index is 8.36. The Morgan fingerprint density at radius 2 is 2.25 bits per heavy atom. The van der Waals surface area contributed by atoms with Gasteiger partial charge in [0.25, 0.3) is 6.47 Å². The lowest BCUT2D eigenvalue weighted by atomic mass is 10.1. The monoisotopic (exact) mass is 332 g/mol. The van der Waals surface area contributed by atoms with Gasteiger partial charge in [0.15, 0.2) is 5.75 Å². The van der Waals surface area contributed by atoms with Crippen molar-refractivity contribution in [2.45, 2.75) is 25.8 Å². The first-order valence-electron chi connectivity index (χ1n) is 7.65. The van der Waals surface area contributed by atoms with Crippen LogP contribution in [0.4, 0.5) is 0 Å². The molecule has 0 spiro atoms. The molecule has 0 saturated carbocycles. The van der Waals surface area contributed by atoms with Crippen LogP contribution in [-0.2, 0) is 4.79 Å². The third kappa shape index (κ3) is 5.85. The van der Waals surface area contributed by atoms with E-state index in [1.165, 1.54) is 0 Å². The maximum Gasteiger partial charge on any atom is 0.290 e. The molecular formula is C17H24N4O3. The van der Waals surface area contributed by atoms with Crippen molar-refractivity contribution in [1.82, 2.24) is 9.97 Å². The van der Waals surface area contributed by atoms with Crippen LogP contribution in [0.5, 0.6) is 5.75 Å². The van der Waals surface area contributed by atoms with E-state index in [9.17, 15) is 0 Å². The fourth-order valence-corrected chi connectivity index (χ4v) is 2.17. The molecule has 1 unspecified atom stereocenters. The van der Waals surface area contributed by atoms with Gasteiger partial charge in [0.1, 0.15) is 5.52 Å². The SMILES string of the molecule is COc1c(/C=C/C=NC(C)CCCN)ccc2[nH]cnc12.O=CO. The largest absolute Gasteiger partial charge is 0.494 e. The Morgan fingerprint density at radius 1 is 1.50 bits per heavy atom. The molecule has 24 heavy (non-hydrogen) atoms. The Kier molecular flexibility index (Phi) is 8.85. The molecule has 0 amide bonds. The number of hydrogen-bond donors (Lipinski definition) is 3. The lowest BCUT2D eigenvalue weighted by Crippen LogP contribution is -2.04. The van der Waals surface area contributed by atoms with Gasteiger partial charge in [-0.25, -0.2) is 4.98 Å². The summed E-state index contributed by atoms with van der Waals surface area (Å²) in [5.74, 6) is 0.773. The van der Waals surface area contributed by atoms with Crippen LogP contribution in [0.2, 0.25) is 0 Å². The summed E-state index contributed by atoms with van der Waals surface area (Å²) in [7, 11) is 1.66. The Morgan fingerprint density at radius 3 is 2.92 bits per heavy atom. The number of nitrogens with one attached hydrogen (secondary N) is 1. The first-order chi connectivity index (χ1) is 11.7. The van der Waals surface area contributed by atoms with E-state index >= 15 is 0 Å². The van der Waals surface area contributed by atoms with E-state index in [2.05, 4.69) is 21.9 Å². The van der Waals surface area contributed by atoms with E-state index in [0.717, 1.165) is 41.7 Å². The number of methoxy groups -OCH3 is 1. The van der Waals surface area contributed by atoms with Crippen molar-refractivity contribution in [3.05, 3.63) is 30.1 Å². The van der Waals surface area contributed by atoms with Gasteiger partial charge in [0.2, 0.25) is 0 Å². The Labute approximate surface area is 141 Å². The third-order valence-electron chi connectivity index (χ3n) is 3.31. The second-order valence-corrected chi connectivity index (χ2v) is 5.03. The van der Waals surface area contributed by atoms with E-state index in [-0.39, 0.29) is 6.47 Å². The molecule has 2 aromatic rings. The molecule has 0 fully saturated rings. The predicted octanol–water partition coefficient (Wildman–Crippen LogP) is 2.48. The van der Waals surface area contributed by atoms with Crippen LogP contribution in [0.1, 0.15) is 25.3 Å². The number of ether oxygens (including phenoxy) is 1. The van der Waals surface area contributed by atoms with Gasteiger partial charge in [-0.2, -0.15) is 0 Å². The van der Waals surface area contributed by atoms with Crippen molar-refractivity contribution < 1.29 is 14.6 Å². The summed E-state index contributed by atoms with van der Waals surface area (Å²) in [4.78, 5) is 20.2. The molecule has 0 saturated heterocycles. The van der Waals surface area contributed by atoms with Crippen LogP contribution >= 0.6 is 0 Å². The number of hydrogen-bond acceptors (Lipinski definition) is 5. The molecule has 1 aromatic heterocycles. The number of rotatable bonds is 7. The Bertz CT molecular complexity index is 680. The van der Waals surface area contributed by atoms with Gasteiger partial charge in [-0.3, -0.25) is 9.79 Å². The summed E-state index contributed by atoms with van der Waals surface area (Å²) >= 11 is 0. The maximum atomic E-state index is 8.36. The van der Waals surface area contributed by atoms with Gasteiger partial charge >= 0.3 is 0 Å². The number of aliphatic imine (C=N–C) groups is 1. The lowest BCUT2D eigenvalue weighted by molar-refractivity contribution is -0.122. The molecule has 0 aliphatic rings. The number of nitrogens with zero attached hydrogens (tertiary/aromatic N) is 2. The highest BCUT2D eigenvalue weighted by Gasteiger charge is 2.07. The minimum Gasteiger partial charge on any atom is -0.494 e. The lowest BCUT2D eigenvalue weighted by Gasteiger charge is -2.05. The molecule has 0 bridgehead atoms. The number of aromatic amines is 1. The van der Waals surface area contributed by atoms with E-state index in [4.69, 9.17) is 20.4 Å². The van der Waals surface area contributed by atoms with Crippen molar-refractivity contribution in [2.24, 2.45) is 10.7 Å². The minimum atomic E-state index is -0.250. The van der Waals surface area contributed by atoms with Crippen molar-refractivity contribution in [3.8, 4) is 5.75 Å². The van der Waals surface area contributed by atoms with Crippen LogP contribution in [-0.4, -0.2) is 47.5 Å². The second kappa shape index (κ2) is 11.0. The van der Waals surface area contributed by atoms with Gasteiger partial charge in [-0.1, -0.05) is 0 Å². The summed E-state index contributed by atoms with van der Waals surface area (Å²) in [5, 5.41) is 6.89. The fourth-order valence-electron chi connectivity index (χ4n) is 2.17. The number of fused-ring (bicyclic) bond motifs is 1. The van der Waals surface area contributed by atoms with Crippen LogP contribution in [0.25, 0.3) is 17.1 Å². The van der Waals surface area contributed by atoms with Crippen LogP contribution in [0.3, 0.4) is 0 Å². The predicted molar refractivity (Wildman–Crippen MR) is 96.6 cm³/mol. The van der Waals surface area contributed by atoms with Gasteiger partial charge in [-0.05, 0) is 50.6 Å². The highest BCUT2D eigenvalue weighted by atomic mass is 16.5. The molecule has 4 N–H and O–H groups in total. The van der Waals surface area contributed by atoms with Gasteiger partial charge in [-0.15, -0.1) is 0 Å². The van der Waals surface area contributed by atoms with Gasteiger partial charge < -0.3 is 20.6 Å². The fraction of sp³-hybridized carbons (Fsp3) is 0.353. The minimum absolute atomic E-state index is 0.250.